The molecule has 4 nitrogen and oxygen atoms in total. The summed E-state index contributed by atoms with van der Waals surface area (Å²) in [5.41, 5.74) is 1.35. The molecule has 0 unspecified atom stereocenters. The Hall–Kier alpha value is -1.75. The highest BCUT2D eigenvalue weighted by molar-refractivity contribution is 9.10. The van der Waals surface area contributed by atoms with Crippen LogP contribution in [0.5, 0.6) is 5.75 Å². The maximum absolute atomic E-state index is 10.8. The summed E-state index contributed by atoms with van der Waals surface area (Å²) in [4.78, 5) is 10.8. The molecule has 0 saturated carbocycles. The molecule has 0 aliphatic rings. The Kier molecular flexibility index (Phi) is 4.96. The van der Waals surface area contributed by atoms with Crippen molar-refractivity contribution < 1.29 is 19.1 Å². The number of carbonyl (C=O) groups is 1. The van der Waals surface area contributed by atoms with Gasteiger partial charge in [-0.3, -0.25) is 0 Å². The standard InChI is InChI=1S/C17H19BrO4/c1-4-17(2,3)11-5-7-14(13(18)9-11)21-10-12-6-8-15(22-12)16(19)20/h5-9H,4,10H2,1-3H3,(H,19,20). The van der Waals surface area contributed by atoms with Crippen molar-refractivity contribution in [3.05, 3.63) is 51.9 Å². The fraction of sp³-hybridized carbons (Fsp3) is 0.353. The van der Waals surface area contributed by atoms with Crippen LogP contribution in [0.3, 0.4) is 0 Å². The maximum atomic E-state index is 10.8. The molecule has 0 spiro atoms. The van der Waals surface area contributed by atoms with Crippen molar-refractivity contribution in [3.63, 3.8) is 0 Å². The average Bonchev–Trinajstić information content (AvgIpc) is 2.95. The van der Waals surface area contributed by atoms with Gasteiger partial charge in [0.25, 0.3) is 0 Å². The lowest BCUT2D eigenvalue weighted by molar-refractivity contribution is 0.0658. The van der Waals surface area contributed by atoms with Crippen molar-refractivity contribution in [2.45, 2.75) is 39.2 Å². The largest absolute Gasteiger partial charge is 0.484 e. The first-order valence-corrected chi connectivity index (χ1v) is 7.87. The molecule has 0 amide bonds. The van der Waals surface area contributed by atoms with Crippen molar-refractivity contribution in [2.75, 3.05) is 0 Å². The van der Waals surface area contributed by atoms with Gasteiger partial charge in [0.1, 0.15) is 18.1 Å². The Labute approximate surface area is 138 Å². The van der Waals surface area contributed by atoms with Crippen LogP contribution in [0.2, 0.25) is 0 Å². The number of furan rings is 1. The van der Waals surface area contributed by atoms with Gasteiger partial charge in [-0.2, -0.15) is 0 Å². The first kappa shape index (κ1) is 16.6. The minimum absolute atomic E-state index is 0.0855. The van der Waals surface area contributed by atoms with Crippen LogP contribution in [0.25, 0.3) is 0 Å². The quantitative estimate of drug-likeness (QED) is 0.780. The Morgan fingerprint density at radius 2 is 2.05 bits per heavy atom. The van der Waals surface area contributed by atoms with Gasteiger partial charge in [-0.05, 0) is 57.6 Å². The second-order valence-corrected chi connectivity index (χ2v) is 6.60. The second-order valence-electron chi connectivity index (χ2n) is 5.74. The Bertz CT molecular complexity index is 673. The highest BCUT2D eigenvalue weighted by Crippen LogP contribution is 2.33. The molecule has 0 fully saturated rings. The molecular weight excluding hydrogens is 348 g/mol. The van der Waals surface area contributed by atoms with E-state index in [2.05, 4.69) is 48.8 Å². The summed E-state index contributed by atoms with van der Waals surface area (Å²) >= 11 is 3.52. The van der Waals surface area contributed by atoms with Gasteiger partial charge in [0.15, 0.2) is 0 Å². The summed E-state index contributed by atoms with van der Waals surface area (Å²) in [6.45, 7) is 6.74. The van der Waals surface area contributed by atoms with Gasteiger partial charge < -0.3 is 14.3 Å². The van der Waals surface area contributed by atoms with Gasteiger partial charge in [-0.15, -0.1) is 0 Å². The molecular formula is C17H19BrO4. The smallest absolute Gasteiger partial charge is 0.371 e. The maximum Gasteiger partial charge on any atom is 0.371 e. The third kappa shape index (κ3) is 3.71. The van der Waals surface area contributed by atoms with Crippen LogP contribution in [0.15, 0.2) is 39.2 Å². The van der Waals surface area contributed by atoms with Crippen LogP contribution in [0.1, 0.15) is 49.1 Å². The summed E-state index contributed by atoms with van der Waals surface area (Å²) in [5, 5.41) is 8.82. The first-order valence-electron chi connectivity index (χ1n) is 7.08. The van der Waals surface area contributed by atoms with Gasteiger partial charge in [0.05, 0.1) is 4.47 Å². The highest BCUT2D eigenvalue weighted by atomic mass is 79.9. The summed E-state index contributed by atoms with van der Waals surface area (Å²) < 4.78 is 11.7. The average molecular weight is 367 g/mol. The lowest BCUT2D eigenvalue weighted by Gasteiger charge is -2.24. The molecule has 0 saturated heterocycles. The molecule has 2 rings (SSSR count). The number of aromatic carboxylic acids is 1. The van der Waals surface area contributed by atoms with Crippen LogP contribution < -0.4 is 4.74 Å². The molecule has 1 heterocycles. The van der Waals surface area contributed by atoms with E-state index in [1.807, 2.05) is 6.07 Å². The first-order chi connectivity index (χ1) is 10.3. The molecule has 1 aromatic carbocycles. The predicted molar refractivity (Wildman–Crippen MR) is 87.5 cm³/mol. The van der Waals surface area contributed by atoms with Gasteiger partial charge in [-0.1, -0.05) is 26.8 Å². The fourth-order valence-electron chi connectivity index (χ4n) is 1.96. The number of halogens is 1. The Balaban J connectivity index is 2.08. The summed E-state index contributed by atoms with van der Waals surface area (Å²) in [7, 11) is 0. The molecule has 0 atom stereocenters. The van der Waals surface area contributed by atoms with Crippen molar-refractivity contribution in [1.29, 1.82) is 0 Å². The van der Waals surface area contributed by atoms with Crippen LogP contribution in [0.4, 0.5) is 0 Å². The molecule has 2 aromatic rings. The van der Waals surface area contributed by atoms with Gasteiger partial charge in [-0.25, -0.2) is 4.79 Å². The fourth-order valence-corrected chi connectivity index (χ4v) is 2.46. The van der Waals surface area contributed by atoms with E-state index < -0.39 is 5.97 Å². The number of ether oxygens (including phenoxy) is 1. The second kappa shape index (κ2) is 6.57. The van der Waals surface area contributed by atoms with Crippen molar-refractivity contribution in [2.24, 2.45) is 0 Å². The number of carboxylic acids is 1. The van der Waals surface area contributed by atoms with E-state index in [0.29, 0.717) is 11.5 Å². The molecule has 0 aliphatic heterocycles. The number of benzene rings is 1. The minimum Gasteiger partial charge on any atom is -0.484 e. The zero-order valence-corrected chi connectivity index (χ0v) is 14.4. The molecule has 0 bridgehead atoms. The topological polar surface area (TPSA) is 59.7 Å². The van der Waals surface area contributed by atoms with E-state index in [4.69, 9.17) is 14.3 Å². The third-order valence-corrected chi connectivity index (χ3v) is 4.46. The molecule has 5 heteroatoms. The Morgan fingerprint density at radius 1 is 1.32 bits per heavy atom. The van der Waals surface area contributed by atoms with Crippen LogP contribution in [0, 0.1) is 0 Å². The summed E-state index contributed by atoms with van der Waals surface area (Å²) in [6.07, 6.45) is 1.05. The number of rotatable bonds is 6. The summed E-state index contributed by atoms with van der Waals surface area (Å²) in [5.74, 6) is 0.00230. The summed E-state index contributed by atoms with van der Waals surface area (Å²) in [6, 6.07) is 9.05. The molecule has 1 N–H and O–H groups in total. The van der Waals surface area contributed by atoms with E-state index in [9.17, 15) is 4.79 Å². The molecule has 22 heavy (non-hydrogen) atoms. The van der Waals surface area contributed by atoms with Gasteiger partial charge in [0, 0.05) is 0 Å². The number of hydrogen-bond acceptors (Lipinski definition) is 3. The predicted octanol–water partition coefficient (Wildman–Crippen LogP) is 5.01. The molecule has 0 aliphatic carbocycles. The van der Waals surface area contributed by atoms with Gasteiger partial charge in [0.2, 0.25) is 5.76 Å². The lowest BCUT2D eigenvalue weighted by Crippen LogP contribution is -2.15. The molecule has 0 radical (unpaired) electrons. The third-order valence-electron chi connectivity index (χ3n) is 3.84. The zero-order valence-electron chi connectivity index (χ0n) is 12.9. The normalized spacial score (nSPS) is 11.5. The lowest BCUT2D eigenvalue weighted by atomic mass is 9.82. The number of hydrogen-bond donors (Lipinski definition) is 1. The highest BCUT2D eigenvalue weighted by Gasteiger charge is 2.19. The number of carboxylic acid groups (broad SMARTS) is 1. The Morgan fingerprint density at radius 3 is 2.59 bits per heavy atom. The van der Waals surface area contributed by atoms with E-state index in [-0.39, 0.29) is 17.8 Å². The van der Waals surface area contributed by atoms with E-state index >= 15 is 0 Å². The van der Waals surface area contributed by atoms with E-state index in [0.717, 1.165) is 10.9 Å². The van der Waals surface area contributed by atoms with Gasteiger partial charge >= 0.3 is 5.97 Å². The monoisotopic (exact) mass is 366 g/mol. The molecule has 118 valence electrons. The van der Waals surface area contributed by atoms with Crippen LogP contribution in [-0.2, 0) is 12.0 Å². The minimum atomic E-state index is -1.08. The van der Waals surface area contributed by atoms with Crippen molar-refractivity contribution in [1.82, 2.24) is 0 Å². The van der Waals surface area contributed by atoms with E-state index in [1.165, 1.54) is 11.6 Å². The van der Waals surface area contributed by atoms with Crippen molar-refractivity contribution in [3.8, 4) is 5.75 Å². The van der Waals surface area contributed by atoms with Crippen molar-refractivity contribution >= 4 is 21.9 Å². The van der Waals surface area contributed by atoms with E-state index in [1.54, 1.807) is 6.07 Å². The van der Waals surface area contributed by atoms with Crippen LogP contribution in [-0.4, -0.2) is 11.1 Å². The zero-order chi connectivity index (χ0) is 16.3. The SMILES string of the molecule is CCC(C)(C)c1ccc(OCc2ccc(C(=O)O)o2)c(Br)c1. The molecule has 1 aromatic heterocycles. The van der Waals surface area contributed by atoms with Crippen LogP contribution >= 0.6 is 15.9 Å².